The number of hydrogen-bond donors (Lipinski definition) is 1. The maximum absolute atomic E-state index is 10.8. The van der Waals surface area contributed by atoms with Gasteiger partial charge >= 0.3 is 5.97 Å². The Hall–Kier alpha value is -1.52. The number of carboxylic acids is 1. The van der Waals surface area contributed by atoms with Gasteiger partial charge in [0.05, 0.1) is 21.3 Å². The van der Waals surface area contributed by atoms with Crippen molar-refractivity contribution in [2.45, 2.75) is 6.92 Å². The second-order valence-electron chi connectivity index (χ2n) is 3.34. The highest BCUT2D eigenvalue weighted by Gasteiger charge is 2.19. The van der Waals surface area contributed by atoms with Crippen LogP contribution >= 0.6 is 23.2 Å². The number of carboxylic acid groups (broad SMARTS) is 1. The first kappa shape index (κ1) is 12.0. The SMILES string of the molecule is Cc1nc(-c2cccc(Cl)c2Cl)oc1C(=O)O. The Labute approximate surface area is 107 Å². The van der Waals surface area contributed by atoms with Crippen LogP contribution in [-0.2, 0) is 0 Å². The van der Waals surface area contributed by atoms with Gasteiger partial charge in [-0.1, -0.05) is 29.3 Å². The molecule has 0 aliphatic carbocycles. The quantitative estimate of drug-likeness (QED) is 0.906. The molecule has 88 valence electrons. The molecular formula is C11H7Cl2NO3. The summed E-state index contributed by atoms with van der Waals surface area (Å²) in [4.78, 5) is 14.8. The largest absolute Gasteiger partial charge is 0.475 e. The van der Waals surface area contributed by atoms with E-state index in [-0.39, 0.29) is 16.7 Å². The van der Waals surface area contributed by atoms with Crippen molar-refractivity contribution in [3.63, 3.8) is 0 Å². The highest BCUT2D eigenvalue weighted by Crippen LogP contribution is 2.33. The van der Waals surface area contributed by atoms with E-state index in [0.717, 1.165) is 0 Å². The van der Waals surface area contributed by atoms with Crippen LogP contribution in [0.4, 0.5) is 0 Å². The molecule has 0 atom stereocenters. The third-order valence-electron chi connectivity index (χ3n) is 2.17. The van der Waals surface area contributed by atoms with Crippen LogP contribution in [0.25, 0.3) is 11.5 Å². The smallest absolute Gasteiger partial charge is 0.373 e. The number of benzene rings is 1. The molecule has 0 aliphatic heterocycles. The van der Waals surface area contributed by atoms with Gasteiger partial charge in [0.1, 0.15) is 0 Å². The number of aromatic nitrogens is 1. The van der Waals surface area contributed by atoms with E-state index in [1.54, 1.807) is 25.1 Å². The van der Waals surface area contributed by atoms with Crippen LogP contribution in [0.1, 0.15) is 16.2 Å². The molecule has 0 bridgehead atoms. The molecule has 0 amide bonds. The molecule has 17 heavy (non-hydrogen) atoms. The minimum absolute atomic E-state index is 0.146. The number of nitrogens with zero attached hydrogens (tertiary/aromatic N) is 1. The van der Waals surface area contributed by atoms with Gasteiger partial charge in [-0.25, -0.2) is 9.78 Å². The van der Waals surface area contributed by atoms with Crippen molar-refractivity contribution in [2.24, 2.45) is 0 Å². The van der Waals surface area contributed by atoms with Gasteiger partial charge in [0.15, 0.2) is 0 Å². The maximum atomic E-state index is 10.8. The molecule has 0 aliphatic rings. The number of aryl methyl sites for hydroxylation is 1. The van der Waals surface area contributed by atoms with Crippen molar-refractivity contribution in [1.29, 1.82) is 0 Å². The summed E-state index contributed by atoms with van der Waals surface area (Å²) in [7, 11) is 0. The van der Waals surface area contributed by atoms with Crippen LogP contribution in [0.15, 0.2) is 22.6 Å². The van der Waals surface area contributed by atoms with E-state index in [2.05, 4.69) is 4.98 Å². The van der Waals surface area contributed by atoms with Crippen LogP contribution in [0.3, 0.4) is 0 Å². The van der Waals surface area contributed by atoms with Crippen LogP contribution in [0.5, 0.6) is 0 Å². The number of halogens is 2. The molecule has 4 nitrogen and oxygen atoms in total. The van der Waals surface area contributed by atoms with Crippen molar-refractivity contribution in [1.82, 2.24) is 4.98 Å². The molecular weight excluding hydrogens is 265 g/mol. The lowest BCUT2D eigenvalue weighted by molar-refractivity contribution is 0.0662. The minimum atomic E-state index is -1.17. The molecule has 1 heterocycles. The average Bonchev–Trinajstić information content (AvgIpc) is 2.64. The lowest BCUT2D eigenvalue weighted by Crippen LogP contribution is -1.95. The lowest BCUT2D eigenvalue weighted by Gasteiger charge is -2.00. The highest BCUT2D eigenvalue weighted by molar-refractivity contribution is 6.43. The third kappa shape index (κ3) is 2.14. The zero-order valence-electron chi connectivity index (χ0n) is 8.70. The van der Waals surface area contributed by atoms with Crippen molar-refractivity contribution in [2.75, 3.05) is 0 Å². The third-order valence-corrected chi connectivity index (χ3v) is 2.99. The van der Waals surface area contributed by atoms with Crippen LogP contribution < -0.4 is 0 Å². The van der Waals surface area contributed by atoms with Gasteiger partial charge in [0, 0.05) is 0 Å². The van der Waals surface area contributed by atoms with E-state index in [9.17, 15) is 4.79 Å². The predicted octanol–water partition coefficient (Wildman–Crippen LogP) is 3.66. The number of rotatable bonds is 2. The fourth-order valence-electron chi connectivity index (χ4n) is 1.38. The van der Waals surface area contributed by atoms with Crippen molar-refractivity contribution >= 4 is 29.2 Å². The zero-order valence-corrected chi connectivity index (χ0v) is 10.2. The van der Waals surface area contributed by atoms with E-state index >= 15 is 0 Å². The Kier molecular flexibility index (Phi) is 3.09. The Morgan fingerprint density at radius 3 is 2.71 bits per heavy atom. The van der Waals surface area contributed by atoms with Crippen molar-refractivity contribution in [3.8, 4) is 11.5 Å². The van der Waals surface area contributed by atoms with Gasteiger partial charge in [0.25, 0.3) is 0 Å². The number of aromatic carboxylic acids is 1. The van der Waals surface area contributed by atoms with E-state index in [1.165, 1.54) is 0 Å². The summed E-state index contributed by atoms with van der Waals surface area (Å²) in [5.41, 5.74) is 0.762. The molecule has 0 fully saturated rings. The fourth-order valence-corrected chi connectivity index (χ4v) is 1.76. The number of oxazole rings is 1. The van der Waals surface area contributed by atoms with Gasteiger partial charge < -0.3 is 9.52 Å². The van der Waals surface area contributed by atoms with Gasteiger partial charge in [-0.3, -0.25) is 0 Å². The van der Waals surface area contributed by atoms with Gasteiger partial charge in [0.2, 0.25) is 11.7 Å². The highest BCUT2D eigenvalue weighted by atomic mass is 35.5. The Morgan fingerprint density at radius 2 is 2.12 bits per heavy atom. The van der Waals surface area contributed by atoms with Gasteiger partial charge in [-0.2, -0.15) is 0 Å². The summed E-state index contributed by atoms with van der Waals surface area (Å²) in [6.45, 7) is 1.55. The van der Waals surface area contributed by atoms with E-state index in [4.69, 9.17) is 32.7 Å². The summed E-state index contributed by atoms with van der Waals surface area (Å²) in [5.74, 6) is -1.22. The minimum Gasteiger partial charge on any atom is -0.475 e. The van der Waals surface area contributed by atoms with Crippen molar-refractivity contribution in [3.05, 3.63) is 39.7 Å². The topological polar surface area (TPSA) is 63.3 Å². The molecule has 6 heteroatoms. The van der Waals surface area contributed by atoms with Crippen molar-refractivity contribution < 1.29 is 14.3 Å². The summed E-state index contributed by atoms with van der Waals surface area (Å²) >= 11 is 11.8. The lowest BCUT2D eigenvalue weighted by atomic mass is 10.2. The molecule has 1 aromatic heterocycles. The standard InChI is InChI=1S/C11H7Cl2NO3/c1-5-9(11(15)16)17-10(14-5)6-3-2-4-7(12)8(6)13/h2-4H,1H3,(H,15,16). The molecule has 0 spiro atoms. The van der Waals surface area contributed by atoms with E-state index < -0.39 is 5.97 Å². The Balaban J connectivity index is 2.58. The van der Waals surface area contributed by atoms with E-state index in [0.29, 0.717) is 16.3 Å². The number of hydrogen-bond acceptors (Lipinski definition) is 3. The van der Waals surface area contributed by atoms with Gasteiger partial charge in [-0.05, 0) is 19.1 Å². The van der Waals surface area contributed by atoms with Crippen LogP contribution in [-0.4, -0.2) is 16.1 Å². The second kappa shape index (κ2) is 4.39. The molecule has 0 radical (unpaired) electrons. The summed E-state index contributed by atoms with van der Waals surface area (Å²) in [6, 6.07) is 4.97. The molecule has 0 saturated heterocycles. The zero-order chi connectivity index (χ0) is 12.6. The molecule has 0 saturated carbocycles. The van der Waals surface area contributed by atoms with Crippen LogP contribution in [0.2, 0.25) is 10.0 Å². The predicted molar refractivity (Wildman–Crippen MR) is 63.7 cm³/mol. The molecule has 1 aromatic carbocycles. The average molecular weight is 272 g/mol. The first-order valence-corrected chi connectivity index (χ1v) is 5.41. The Bertz CT molecular complexity index is 592. The van der Waals surface area contributed by atoms with Gasteiger partial charge in [-0.15, -0.1) is 0 Å². The first-order valence-electron chi connectivity index (χ1n) is 4.66. The molecule has 2 rings (SSSR count). The maximum Gasteiger partial charge on any atom is 0.373 e. The fraction of sp³-hybridized carbons (Fsp3) is 0.0909. The van der Waals surface area contributed by atoms with E-state index in [1.807, 2.05) is 0 Å². The Morgan fingerprint density at radius 1 is 1.41 bits per heavy atom. The molecule has 0 unspecified atom stereocenters. The molecule has 1 N–H and O–H groups in total. The second-order valence-corrected chi connectivity index (χ2v) is 4.13. The normalized spacial score (nSPS) is 10.5. The molecule has 2 aromatic rings. The number of carbonyl (C=O) groups is 1. The first-order chi connectivity index (χ1) is 8.00. The summed E-state index contributed by atoms with van der Waals surface area (Å²) in [6.07, 6.45) is 0. The van der Waals surface area contributed by atoms with Crippen LogP contribution in [0, 0.1) is 6.92 Å². The summed E-state index contributed by atoms with van der Waals surface area (Å²) in [5, 5.41) is 9.50. The summed E-state index contributed by atoms with van der Waals surface area (Å²) < 4.78 is 5.14. The monoisotopic (exact) mass is 271 g/mol.